The van der Waals surface area contributed by atoms with E-state index in [9.17, 15) is 17.6 Å². The minimum Gasteiger partial charge on any atom is -0.473 e. The van der Waals surface area contributed by atoms with Gasteiger partial charge in [-0.05, 0) is 57.1 Å². The molecule has 6 rings (SSSR count). The molecular weight excluding hydrogens is 655 g/mol. The standard InChI is InChI=1S/C30H32ClFN8O4S2/c1-2-39-18-34-14-22(39)15-40-25-13-26(29(41)37-46(33,42)43)45-30(25)36-27(40)16-38-10-8-19(9-11-38)24-4-3-5-28(35-24)44-17-20-6-7-21(31)12-23(20)32/h3-7,12-14,18-19H,2,8-11,15-17H2,1H3,(H,37,41)(H2,33,42,43). The number of nitrogens with one attached hydrogen (secondary N) is 1. The highest BCUT2D eigenvalue weighted by Gasteiger charge is 2.25. The Morgan fingerprint density at radius 2 is 1.98 bits per heavy atom. The van der Waals surface area contributed by atoms with E-state index in [4.69, 9.17) is 31.4 Å². The smallest absolute Gasteiger partial charge is 0.299 e. The number of nitrogens with two attached hydrogens (primary N) is 1. The van der Waals surface area contributed by atoms with Gasteiger partial charge in [-0.2, -0.15) is 8.42 Å². The lowest BCUT2D eigenvalue weighted by Gasteiger charge is -2.31. The molecule has 0 atom stereocenters. The third-order valence-corrected chi connectivity index (χ3v) is 9.67. The Kier molecular flexibility index (Phi) is 9.38. The van der Waals surface area contributed by atoms with Gasteiger partial charge in [-0.15, -0.1) is 11.3 Å². The molecule has 0 saturated carbocycles. The summed E-state index contributed by atoms with van der Waals surface area (Å²) in [5, 5.41) is 5.34. The van der Waals surface area contributed by atoms with Crippen LogP contribution >= 0.6 is 22.9 Å². The monoisotopic (exact) mass is 686 g/mol. The van der Waals surface area contributed by atoms with Crippen LogP contribution in [0.4, 0.5) is 4.39 Å². The molecule has 0 unspecified atom stereocenters. The lowest BCUT2D eigenvalue weighted by atomic mass is 9.93. The number of halogens is 2. The molecule has 4 aromatic heterocycles. The second-order valence-electron chi connectivity index (χ2n) is 11.0. The van der Waals surface area contributed by atoms with Crippen molar-refractivity contribution in [2.75, 3.05) is 13.1 Å². The van der Waals surface area contributed by atoms with E-state index in [-0.39, 0.29) is 17.4 Å². The molecule has 5 aromatic rings. The van der Waals surface area contributed by atoms with E-state index in [1.54, 1.807) is 30.6 Å². The molecule has 16 heteroatoms. The van der Waals surface area contributed by atoms with Gasteiger partial charge in [-0.25, -0.2) is 29.2 Å². The van der Waals surface area contributed by atoms with Crippen LogP contribution in [-0.2, 0) is 36.5 Å². The van der Waals surface area contributed by atoms with Crippen LogP contribution in [0, 0.1) is 5.82 Å². The number of carbonyl (C=O) groups is 1. The molecule has 1 aliphatic rings. The van der Waals surface area contributed by atoms with E-state index >= 15 is 0 Å². The van der Waals surface area contributed by atoms with E-state index in [0.717, 1.165) is 66.5 Å². The topological polar surface area (TPSA) is 150 Å². The van der Waals surface area contributed by atoms with Crippen LogP contribution in [0.3, 0.4) is 0 Å². The van der Waals surface area contributed by atoms with Crippen LogP contribution in [0.15, 0.2) is 55.0 Å². The molecular formula is C30H32ClFN8O4S2. The molecule has 1 saturated heterocycles. The van der Waals surface area contributed by atoms with Crippen molar-refractivity contribution < 1.29 is 22.3 Å². The number of benzene rings is 1. The maximum Gasteiger partial charge on any atom is 0.299 e. The first-order valence-corrected chi connectivity index (χ1v) is 17.4. The number of thiophene rings is 1. The molecule has 242 valence electrons. The summed E-state index contributed by atoms with van der Waals surface area (Å²) in [5.41, 5.74) is 3.06. The van der Waals surface area contributed by atoms with Gasteiger partial charge in [-0.3, -0.25) is 9.69 Å². The molecule has 3 N–H and O–H groups in total. The fraction of sp³-hybridized carbons (Fsp3) is 0.333. The van der Waals surface area contributed by atoms with Gasteiger partial charge in [0.25, 0.3) is 16.1 Å². The van der Waals surface area contributed by atoms with Crippen molar-refractivity contribution in [3.63, 3.8) is 0 Å². The van der Waals surface area contributed by atoms with Gasteiger partial charge in [0.15, 0.2) is 0 Å². The summed E-state index contributed by atoms with van der Waals surface area (Å²) in [5.74, 6) is 0.318. The molecule has 1 fully saturated rings. The normalized spacial score (nSPS) is 14.6. The zero-order valence-electron chi connectivity index (χ0n) is 24.9. The predicted octanol–water partition coefficient (Wildman–Crippen LogP) is 4.44. The molecule has 12 nitrogen and oxygen atoms in total. The summed E-state index contributed by atoms with van der Waals surface area (Å²) in [6.45, 7) is 5.57. The minimum atomic E-state index is -4.19. The molecule has 0 radical (unpaired) electrons. The summed E-state index contributed by atoms with van der Waals surface area (Å²) < 4.78 is 48.7. The van der Waals surface area contributed by atoms with Crippen LogP contribution in [0.1, 0.15) is 58.1 Å². The Hall–Kier alpha value is -3.89. The lowest BCUT2D eigenvalue weighted by Crippen LogP contribution is -2.35. The van der Waals surface area contributed by atoms with Crippen molar-refractivity contribution in [3.05, 3.63) is 93.5 Å². The Labute approximate surface area is 274 Å². The van der Waals surface area contributed by atoms with E-state index in [1.165, 1.54) is 6.07 Å². The van der Waals surface area contributed by atoms with Crippen LogP contribution in [-0.4, -0.2) is 56.4 Å². The maximum atomic E-state index is 14.2. The molecule has 0 spiro atoms. The number of hydrogen-bond acceptors (Lipinski definition) is 9. The molecule has 0 aliphatic carbocycles. The van der Waals surface area contributed by atoms with Crippen LogP contribution in [0.5, 0.6) is 5.88 Å². The SMILES string of the molecule is CCn1cncc1Cn1c(CN2CCC(c3cccc(OCc4ccc(Cl)cc4F)n3)CC2)nc2sc(C(=O)NS(N)(=O)=O)cc21. The lowest BCUT2D eigenvalue weighted by molar-refractivity contribution is 0.0985. The minimum absolute atomic E-state index is 0.0549. The number of carbonyl (C=O) groups excluding carboxylic acids is 1. The number of fused-ring (bicyclic) bond motifs is 1. The third kappa shape index (κ3) is 7.39. The number of amides is 1. The number of rotatable bonds is 11. The number of piperidine rings is 1. The number of hydrogen-bond donors (Lipinski definition) is 2. The third-order valence-electron chi connectivity index (χ3n) is 7.95. The molecule has 1 amide bonds. The molecule has 46 heavy (non-hydrogen) atoms. The van der Waals surface area contributed by atoms with Gasteiger partial charge in [0, 0.05) is 41.0 Å². The van der Waals surface area contributed by atoms with Gasteiger partial charge in [0.2, 0.25) is 5.88 Å². The molecule has 5 heterocycles. The number of aromatic nitrogens is 5. The predicted molar refractivity (Wildman–Crippen MR) is 172 cm³/mol. The Morgan fingerprint density at radius 3 is 2.72 bits per heavy atom. The fourth-order valence-corrected chi connectivity index (χ4v) is 7.13. The van der Waals surface area contributed by atoms with E-state index < -0.39 is 21.9 Å². The van der Waals surface area contributed by atoms with Gasteiger partial charge in [0.1, 0.15) is 23.1 Å². The summed E-state index contributed by atoms with van der Waals surface area (Å²) in [6, 6.07) is 11.8. The quantitative estimate of drug-likeness (QED) is 0.207. The van der Waals surface area contributed by atoms with Crippen LogP contribution in [0.2, 0.25) is 5.02 Å². The van der Waals surface area contributed by atoms with Crippen LogP contribution in [0.25, 0.3) is 10.3 Å². The molecule has 0 bridgehead atoms. The van der Waals surface area contributed by atoms with Crippen molar-refractivity contribution in [2.45, 2.75) is 51.9 Å². The Balaban J connectivity index is 1.15. The zero-order chi connectivity index (χ0) is 32.4. The number of ether oxygens (including phenoxy) is 1. The van der Waals surface area contributed by atoms with E-state index in [0.29, 0.717) is 34.4 Å². The van der Waals surface area contributed by atoms with Gasteiger partial charge in [0.05, 0.1) is 35.5 Å². The Morgan fingerprint density at radius 1 is 1.17 bits per heavy atom. The highest BCUT2D eigenvalue weighted by molar-refractivity contribution is 7.87. The van der Waals surface area contributed by atoms with Crippen molar-refractivity contribution in [1.29, 1.82) is 0 Å². The van der Waals surface area contributed by atoms with Gasteiger partial charge in [-0.1, -0.05) is 23.7 Å². The van der Waals surface area contributed by atoms with Crippen molar-refractivity contribution in [3.8, 4) is 5.88 Å². The summed E-state index contributed by atoms with van der Waals surface area (Å²) in [4.78, 5) is 29.6. The van der Waals surface area contributed by atoms with E-state index in [1.807, 2.05) is 34.5 Å². The largest absolute Gasteiger partial charge is 0.473 e. The van der Waals surface area contributed by atoms with Crippen molar-refractivity contribution in [1.82, 2.24) is 33.7 Å². The summed E-state index contributed by atoms with van der Waals surface area (Å²) >= 11 is 6.97. The highest BCUT2D eigenvalue weighted by atomic mass is 35.5. The number of likely N-dealkylation sites (tertiary alicyclic amines) is 1. The van der Waals surface area contributed by atoms with E-state index in [2.05, 4.69) is 14.5 Å². The first-order valence-electron chi connectivity index (χ1n) is 14.6. The average Bonchev–Trinajstić information content (AvgIpc) is 3.72. The first-order chi connectivity index (χ1) is 22.1. The molecule has 1 aromatic carbocycles. The summed E-state index contributed by atoms with van der Waals surface area (Å²) in [7, 11) is -4.19. The average molecular weight is 687 g/mol. The molecule has 1 aliphatic heterocycles. The zero-order valence-corrected chi connectivity index (χ0v) is 27.3. The fourth-order valence-electron chi connectivity index (χ4n) is 5.59. The van der Waals surface area contributed by atoms with Gasteiger partial charge < -0.3 is 13.9 Å². The number of imidazole rings is 2. The highest BCUT2D eigenvalue weighted by Crippen LogP contribution is 2.31. The van der Waals surface area contributed by atoms with Crippen molar-refractivity contribution in [2.24, 2.45) is 5.14 Å². The van der Waals surface area contributed by atoms with Gasteiger partial charge >= 0.3 is 0 Å². The second-order valence-corrected chi connectivity index (χ2v) is 13.8. The second kappa shape index (κ2) is 13.5. The van der Waals surface area contributed by atoms with Crippen molar-refractivity contribution >= 4 is 49.4 Å². The first kappa shape index (κ1) is 32.1. The number of aryl methyl sites for hydroxylation is 1. The Bertz CT molecular complexity index is 1990. The van der Waals surface area contributed by atoms with Crippen LogP contribution < -0.4 is 14.6 Å². The maximum absolute atomic E-state index is 14.2. The number of pyridine rings is 1. The summed E-state index contributed by atoms with van der Waals surface area (Å²) in [6.07, 6.45) is 5.36. The number of nitrogens with zero attached hydrogens (tertiary/aromatic N) is 6.